The van der Waals surface area contributed by atoms with E-state index in [0.29, 0.717) is 12.1 Å². The molecule has 108 valence electrons. The van der Waals surface area contributed by atoms with Crippen LogP contribution in [0.3, 0.4) is 0 Å². The van der Waals surface area contributed by atoms with Crippen molar-refractivity contribution in [1.29, 1.82) is 0 Å². The standard InChI is InChI=1S/C15H21N3O2/c1-16-15(20)12-5-7-13(8-6-12)17-14(19)11-18-9-3-2-4-10-18/h5-8H,2-4,9-11H2,1H3,(H,16,20)(H,17,19)/p+1. The maximum absolute atomic E-state index is 11.9. The van der Waals surface area contributed by atoms with Crippen LogP contribution in [0.1, 0.15) is 29.6 Å². The number of amides is 2. The number of anilines is 1. The van der Waals surface area contributed by atoms with Crippen LogP contribution >= 0.6 is 0 Å². The van der Waals surface area contributed by atoms with Crippen molar-refractivity contribution in [2.24, 2.45) is 0 Å². The van der Waals surface area contributed by atoms with E-state index in [1.54, 1.807) is 31.3 Å². The molecule has 1 aromatic rings. The summed E-state index contributed by atoms with van der Waals surface area (Å²) in [7, 11) is 1.60. The van der Waals surface area contributed by atoms with Gasteiger partial charge in [0, 0.05) is 18.3 Å². The SMILES string of the molecule is CNC(=O)c1ccc(NC(=O)C[NH+]2CCCCC2)cc1. The van der Waals surface area contributed by atoms with Crippen molar-refractivity contribution < 1.29 is 14.5 Å². The fourth-order valence-corrected chi connectivity index (χ4v) is 2.51. The van der Waals surface area contributed by atoms with Gasteiger partial charge in [-0.05, 0) is 43.5 Å². The van der Waals surface area contributed by atoms with E-state index in [9.17, 15) is 9.59 Å². The highest BCUT2D eigenvalue weighted by Gasteiger charge is 2.17. The third-order valence-corrected chi connectivity index (χ3v) is 3.63. The molecule has 0 bridgehead atoms. The van der Waals surface area contributed by atoms with Crippen LogP contribution < -0.4 is 15.5 Å². The third-order valence-electron chi connectivity index (χ3n) is 3.63. The Balaban J connectivity index is 1.85. The normalized spacial score (nSPS) is 15.7. The average molecular weight is 276 g/mol. The summed E-state index contributed by atoms with van der Waals surface area (Å²) in [5.74, 6) is -0.0877. The number of likely N-dealkylation sites (tertiary alicyclic amines) is 1. The van der Waals surface area contributed by atoms with Gasteiger partial charge in [-0.1, -0.05) is 0 Å². The van der Waals surface area contributed by atoms with E-state index in [1.807, 2.05) is 0 Å². The average Bonchev–Trinajstić information content (AvgIpc) is 2.48. The summed E-state index contributed by atoms with van der Waals surface area (Å²) in [5.41, 5.74) is 1.33. The van der Waals surface area contributed by atoms with Gasteiger partial charge in [0.25, 0.3) is 11.8 Å². The number of piperidine rings is 1. The molecule has 0 spiro atoms. The van der Waals surface area contributed by atoms with E-state index in [0.717, 1.165) is 18.8 Å². The Morgan fingerprint density at radius 1 is 1.10 bits per heavy atom. The van der Waals surface area contributed by atoms with Crippen LogP contribution in [0.5, 0.6) is 0 Å². The molecule has 1 fully saturated rings. The Morgan fingerprint density at radius 2 is 1.75 bits per heavy atom. The number of carbonyl (C=O) groups excluding carboxylic acids is 2. The Kier molecular flexibility index (Phi) is 5.12. The lowest BCUT2D eigenvalue weighted by Gasteiger charge is -2.22. The highest BCUT2D eigenvalue weighted by Crippen LogP contribution is 2.09. The number of nitrogens with one attached hydrogen (secondary N) is 3. The second-order valence-electron chi connectivity index (χ2n) is 5.19. The monoisotopic (exact) mass is 276 g/mol. The fraction of sp³-hybridized carbons (Fsp3) is 0.467. The molecule has 2 amide bonds. The quantitative estimate of drug-likeness (QED) is 0.728. The van der Waals surface area contributed by atoms with Crippen LogP contribution in [-0.4, -0.2) is 38.5 Å². The lowest BCUT2D eigenvalue weighted by Crippen LogP contribution is -3.13. The van der Waals surface area contributed by atoms with Crippen molar-refractivity contribution in [2.75, 3.05) is 32.0 Å². The Morgan fingerprint density at radius 3 is 2.35 bits per heavy atom. The molecule has 0 saturated carbocycles. The number of hydrogen-bond acceptors (Lipinski definition) is 2. The van der Waals surface area contributed by atoms with Gasteiger partial charge in [0.2, 0.25) is 0 Å². The molecule has 0 unspecified atom stereocenters. The zero-order chi connectivity index (χ0) is 14.4. The highest BCUT2D eigenvalue weighted by atomic mass is 16.2. The van der Waals surface area contributed by atoms with Crippen LogP contribution in [0.15, 0.2) is 24.3 Å². The molecule has 1 aliphatic heterocycles. The Bertz CT molecular complexity index is 465. The van der Waals surface area contributed by atoms with Crippen molar-refractivity contribution in [3.63, 3.8) is 0 Å². The van der Waals surface area contributed by atoms with Gasteiger partial charge in [-0.25, -0.2) is 0 Å². The molecule has 20 heavy (non-hydrogen) atoms. The van der Waals surface area contributed by atoms with Crippen LogP contribution in [0, 0.1) is 0 Å². The van der Waals surface area contributed by atoms with Gasteiger partial charge < -0.3 is 15.5 Å². The fourth-order valence-electron chi connectivity index (χ4n) is 2.51. The van der Waals surface area contributed by atoms with Gasteiger partial charge in [-0.15, -0.1) is 0 Å². The minimum absolute atomic E-state index is 0.0367. The van der Waals surface area contributed by atoms with Gasteiger partial charge in [0.15, 0.2) is 6.54 Å². The predicted octanol–water partition coefficient (Wildman–Crippen LogP) is 0.0535. The Hall–Kier alpha value is -1.88. The smallest absolute Gasteiger partial charge is 0.279 e. The first kappa shape index (κ1) is 14.5. The minimum atomic E-state index is -0.124. The van der Waals surface area contributed by atoms with Crippen molar-refractivity contribution >= 4 is 17.5 Å². The van der Waals surface area contributed by atoms with E-state index in [1.165, 1.54) is 24.2 Å². The molecular weight excluding hydrogens is 254 g/mol. The minimum Gasteiger partial charge on any atom is -0.355 e. The van der Waals surface area contributed by atoms with Gasteiger partial charge in [0.1, 0.15) is 0 Å². The highest BCUT2D eigenvalue weighted by molar-refractivity contribution is 5.95. The first-order chi connectivity index (χ1) is 9.69. The molecule has 5 heteroatoms. The summed E-state index contributed by atoms with van der Waals surface area (Å²) >= 11 is 0. The number of benzene rings is 1. The molecule has 3 N–H and O–H groups in total. The predicted molar refractivity (Wildman–Crippen MR) is 77.9 cm³/mol. The van der Waals surface area contributed by atoms with E-state index in [2.05, 4.69) is 10.6 Å². The largest absolute Gasteiger partial charge is 0.355 e. The topological polar surface area (TPSA) is 62.6 Å². The molecule has 0 atom stereocenters. The van der Waals surface area contributed by atoms with E-state index in [-0.39, 0.29) is 11.8 Å². The maximum atomic E-state index is 11.9. The van der Waals surface area contributed by atoms with Crippen LogP contribution in [0.4, 0.5) is 5.69 Å². The summed E-state index contributed by atoms with van der Waals surface area (Å²) in [6, 6.07) is 6.94. The van der Waals surface area contributed by atoms with Crippen molar-refractivity contribution in [1.82, 2.24) is 5.32 Å². The molecule has 5 nitrogen and oxygen atoms in total. The van der Waals surface area contributed by atoms with E-state index < -0.39 is 0 Å². The van der Waals surface area contributed by atoms with Crippen molar-refractivity contribution in [2.45, 2.75) is 19.3 Å². The molecule has 1 saturated heterocycles. The second-order valence-corrected chi connectivity index (χ2v) is 5.19. The summed E-state index contributed by atoms with van der Waals surface area (Å²) in [4.78, 5) is 24.7. The van der Waals surface area contributed by atoms with Gasteiger partial charge in [-0.2, -0.15) is 0 Å². The van der Waals surface area contributed by atoms with Crippen molar-refractivity contribution in [3.8, 4) is 0 Å². The van der Waals surface area contributed by atoms with Crippen LogP contribution in [0.25, 0.3) is 0 Å². The number of quaternary nitrogens is 1. The third kappa shape index (κ3) is 4.06. The number of rotatable bonds is 4. The van der Waals surface area contributed by atoms with Crippen molar-refractivity contribution in [3.05, 3.63) is 29.8 Å². The molecule has 0 radical (unpaired) electrons. The molecular formula is C15H22N3O2+. The molecule has 1 heterocycles. The summed E-state index contributed by atoms with van der Waals surface area (Å²) in [6.45, 7) is 2.70. The zero-order valence-electron chi connectivity index (χ0n) is 11.9. The van der Waals surface area contributed by atoms with Crippen LogP contribution in [0.2, 0.25) is 0 Å². The van der Waals surface area contributed by atoms with E-state index >= 15 is 0 Å². The Labute approximate surface area is 119 Å². The second kappa shape index (κ2) is 7.05. The number of hydrogen-bond donors (Lipinski definition) is 3. The molecule has 2 rings (SSSR count). The first-order valence-electron chi connectivity index (χ1n) is 7.14. The molecule has 1 aromatic carbocycles. The molecule has 0 aromatic heterocycles. The number of carbonyl (C=O) groups is 2. The lowest BCUT2D eigenvalue weighted by molar-refractivity contribution is -0.896. The zero-order valence-corrected chi connectivity index (χ0v) is 11.9. The van der Waals surface area contributed by atoms with E-state index in [4.69, 9.17) is 0 Å². The van der Waals surface area contributed by atoms with Crippen LogP contribution in [-0.2, 0) is 4.79 Å². The summed E-state index contributed by atoms with van der Waals surface area (Å²) in [6.07, 6.45) is 3.71. The van der Waals surface area contributed by atoms with Gasteiger partial charge >= 0.3 is 0 Å². The summed E-state index contributed by atoms with van der Waals surface area (Å²) < 4.78 is 0. The first-order valence-corrected chi connectivity index (χ1v) is 7.14. The maximum Gasteiger partial charge on any atom is 0.279 e. The molecule has 1 aliphatic rings. The summed E-state index contributed by atoms with van der Waals surface area (Å²) in [5, 5.41) is 5.45. The lowest BCUT2D eigenvalue weighted by atomic mass is 10.1. The van der Waals surface area contributed by atoms with Gasteiger partial charge in [-0.3, -0.25) is 9.59 Å². The van der Waals surface area contributed by atoms with Gasteiger partial charge in [0.05, 0.1) is 13.1 Å². The molecule has 0 aliphatic carbocycles.